The molecule has 0 aliphatic carbocycles. The van der Waals surface area contributed by atoms with Gasteiger partial charge < -0.3 is 23.7 Å². The zero-order chi connectivity index (χ0) is 25.9. The van der Waals surface area contributed by atoms with Gasteiger partial charge in [0.2, 0.25) is 0 Å². The molecule has 0 unspecified atom stereocenters. The SMILES string of the molecule is Cc1noc(C)c1-c1cnc2c3ccc(C4(O)COC4)cc3n([C@H](c3ccccc3)C3CCOCC3)c2c1. The van der Waals surface area contributed by atoms with Crippen LogP contribution in [-0.4, -0.2) is 46.2 Å². The highest BCUT2D eigenvalue weighted by molar-refractivity contribution is 6.07. The highest BCUT2D eigenvalue weighted by atomic mass is 16.5. The van der Waals surface area contributed by atoms with Crippen LogP contribution in [0, 0.1) is 19.8 Å². The van der Waals surface area contributed by atoms with Crippen LogP contribution in [0.5, 0.6) is 0 Å². The van der Waals surface area contributed by atoms with Gasteiger partial charge in [0.15, 0.2) is 0 Å². The Morgan fingerprint density at radius 2 is 1.76 bits per heavy atom. The van der Waals surface area contributed by atoms with Crippen molar-refractivity contribution in [1.29, 1.82) is 0 Å². The van der Waals surface area contributed by atoms with E-state index < -0.39 is 5.60 Å². The molecule has 2 aromatic carbocycles. The van der Waals surface area contributed by atoms with Gasteiger partial charge in [-0.25, -0.2) is 0 Å². The molecule has 7 heteroatoms. The molecule has 2 fully saturated rings. The standard InChI is InChI=1S/C31H31N3O4/c1-19-28(20(2)38-33-19)23-14-27-29(32-16-23)25-9-8-24(31(35)17-37-18-31)15-26(25)34(27)30(21-6-4-3-5-7-21)22-10-12-36-13-11-22/h3-9,14-16,22,30,35H,10-13,17-18H2,1-2H3/t30-/m1/s1. The number of aromatic nitrogens is 3. The van der Waals surface area contributed by atoms with Crippen LogP contribution >= 0.6 is 0 Å². The van der Waals surface area contributed by atoms with Crippen LogP contribution in [0.2, 0.25) is 0 Å². The Labute approximate surface area is 221 Å². The van der Waals surface area contributed by atoms with Gasteiger partial charge in [-0.2, -0.15) is 0 Å². The minimum Gasteiger partial charge on any atom is -0.381 e. The van der Waals surface area contributed by atoms with E-state index in [1.165, 1.54) is 5.56 Å². The predicted octanol–water partition coefficient (Wildman–Crippen LogP) is 5.70. The van der Waals surface area contributed by atoms with E-state index in [0.717, 1.165) is 76.1 Å². The Bertz CT molecular complexity index is 1610. The molecule has 38 heavy (non-hydrogen) atoms. The van der Waals surface area contributed by atoms with Crippen molar-refractivity contribution in [3.8, 4) is 11.1 Å². The van der Waals surface area contributed by atoms with Crippen molar-refractivity contribution in [3.05, 3.63) is 83.4 Å². The van der Waals surface area contributed by atoms with E-state index in [1.807, 2.05) is 26.1 Å². The zero-order valence-corrected chi connectivity index (χ0v) is 21.7. The average molecular weight is 510 g/mol. The van der Waals surface area contributed by atoms with Crippen molar-refractivity contribution in [1.82, 2.24) is 14.7 Å². The third-order valence-electron chi connectivity index (χ3n) is 8.31. The Morgan fingerprint density at radius 3 is 2.45 bits per heavy atom. The molecule has 7 nitrogen and oxygen atoms in total. The number of hydrogen-bond donors (Lipinski definition) is 1. The van der Waals surface area contributed by atoms with E-state index >= 15 is 0 Å². The van der Waals surface area contributed by atoms with Crippen LogP contribution < -0.4 is 0 Å². The van der Waals surface area contributed by atoms with Gasteiger partial charge in [0.1, 0.15) is 11.4 Å². The van der Waals surface area contributed by atoms with Crippen molar-refractivity contribution in [3.63, 3.8) is 0 Å². The first kappa shape index (κ1) is 23.6. The van der Waals surface area contributed by atoms with Crippen LogP contribution in [0.3, 0.4) is 0 Å². The highest BCUT2D eigenvalue weighted by Gasteiger charge is 2.39. The third kappa shape index (κ3) is 3.68. The highest BCUT2D eigenvalue weighted by Crippen LogP contribution is 2.43. The Hall–Kier alpha value is -3.52. The first-order valence-corrected chi connectivity index (χ1v) is 13.3. The number of rotatable bonds is 5. The lowest BCUT2D eigenvalue weighted by atomic mass is 9.86. The number of ether oxygens (including phenoxy) is 2. The molecule has 0 bridgehead atoms. The molecule has 0 saturated carbocycles. The second-order valence-corrected chi connectivity index (χ2v) is 10.7. The van der Waals surface area contributed by atoms with Crippen molar-refractivity contribution in [2.45, 2.75) is 38.3 Å². The van der Waals surface area contributed by atoms with Crippen LogP contribution in [-0.2, 0) is 15.1 Å². The molecule has 2 aliphatic heterocycles. The van der Waals surface area contributed by atoms with E-state index in [9.17, 15) is 5.11 Å². The topological polar surface area (TPSA) is 82.5 Å². The molecule has 0 amide bonds. The average Bonchev–Trinajstić information content (AvgIpc) is 3.44. The second-order valence-electron chi connectivity index (χ2n) is 10.7. The lowest BCUT2D eigenvalue weighted by molar-refractivity contribution is -0.184. The number of nitrogens with zero attached hydrogens (tertiary/aromatic N) is 3. The smallest absolute Gasteiger partial charge is 0.141 e. The minimum absolute atomic E-state index is 0.0874. The van der Waals surface area contributed by atoms with E-state index in [-0.39, 0.29) is 6.04 Å². The van der Waals surface area contributed by atoms with Gasteiger partial charge in [0.25, 0.3) is 0 Å². The van der Waals surface area contributed by atoms with Crippen LogP contribution in [0.1, 0.15) is 41.5 Å². The Morgan fingerprint density at radius 1 is 0.974 bits per heavy atom. The summed E-state index contributed by atoms with van der Waals surface area (Å²) in [6.07, 6.45) is 3.89. The van der Waals surface area contributed by atoms with Gasteiger partial charge in [-0.1, -0.05) is 47.6 Å². The molecule has 0 radical (unpaired) electrons. The predicted molar refractivity (Wildman–Crippen MR) is 145 cm³/mol. The summed E-state index contributed by atoms with van der Waals surface area (Å²) in [5, 5.41) is 16.4. The van der Waals surface area contributed by atoms with Crippen molar-refractivity contribution < 1.29 is 19.1 Å². The quantitative estimate of drug-likeness (QED) is 0.328. The summed E-state index contributed by atoms with van der Waals surface area (Å²) in [7, 11) is 0. The molecule has 5 heterocycles. The second kappa shape index (κ2) is 9.05. The fraction of sp³-hybridized carbons (Fsp3) is 0.355. The van der Waals surface area contributed by atoms with Gasteiger partial charge >= 0.3 is 0 Å². The molecule has 7 rings (SSSR count). The fourth-order valence-electron chi connectivity index (χ4n) is 6.30. The molecule has 5 aromatic rings. The maximum Gasteiger partial charge on any atom is 0.141 e. The van der Waals surface area contributed by atoms with Crippen molar-refractivity contribution in [2.75, 3.05) is 26.4 Å². The van der Waals surface area contributed by atoms with Crippen LogP contribution in [0.25, 0.3) is 33.1 Å². The normalized spacial score (nSPS) is 18.6. The van der Waals surface area contributed by atoms with Gasteiger partial charge in [-0.3, -0.25) is 4.98 Å². The molecular weight excluding hydrogens is 478 g/mol. The molecule has 2 aliphatic rings. The number of benzene rings is 2. The van der Waals surface area contributed by atoms with Gasteiger partial charge in [-0.05, 0) is 55.9 Å². The first-order chi connectivity index (χ1) is 18.5. The van der Waals surface area contributed by atoms with E-state index in [0.29, 0.717) is 19.1 Å². The Balaban J connectivity index is 1.54. The van der Waals surface area contributed by atoms with Gasteiger partial charge in [0, 0.05) is 35.9 Å². The van der Waals surface area contributed by atoms with E-state index in [1.54, 1.807) is 0 Å². The monoisotopic (exact) mass is 509 g/mol. The number of aryl methyl sites for hydroxylation is 2. The maximum atomic E-state index is 11.2. The van der Waals surface area contributed by atoms with E-state index in [2.05, 4.69) is 58.3 Å². The first-order valence-electron chi connectivity index (χ1n) is 13.3. The summed E-state index contributed by atoms with van der Waals surface area (Å²) >= 11 is 0. The molecule has 1 atom stereocenters. The number of fused-ring (bicyclic) bond motifs is 3. The number of hydrogen-bond acceptors (Lipinski definition) is 6. The van der Waals surface area contributed by atoms with Gasteiger partial charge in [0.05, 0.1) is 41.5 Å². The lowest BCUT2D eigenvalue weighted by Gasteiger charge is -2.37. The van der Waals surface area contributed by atoms with Crippen LogP contribution in [0.15, 0.2) is 65.3 Å². The lowest BCUT2D eigenvalue weighted by Crippen LogP contribution is -2.46. The summed E-state index contributed by atoms with van der Waals surface area (Å²) in [4.78, 5) is 5.01. The largest absolute Gasteiger partial charge is 0.381 e. The summed E-state index contributed by atoms with van der Waals surface area (Å²) in [6, 6.07) is 19.3. The third-order valence-corrected chi connectivity index (χ3v) is 8.31. The maximum absolute atomic E-state index is 11.2. The molecule has 0 spiro atoms. The molecule has 2 saturated heterocycles. The number of pyridine rings is 1. The number of aliphatic hydroxyl groups is 1. The van der Waals surface area contributed by atoms with Crippen molar-refractivity contribution in [2.24, 2.45) is 5.92 Å². The van der Waals surface area contributed by atoms with E-state index in [4.69, 9.17) is 19.0 Å². The summed E-state index contributed by atoms with van der Waals surface area (Å²) in [5.41, 5.74) is 7.10. The Kier molecular flexibility index (Phi) is 5.62. The minimum atomic E-state index is -0.953. The molecule has 3 aromatic heterocycles. The summed E-state index contributed by atoms with van der Waals surface area (Å²) < 4.78 is 19.1. The molecular formula is C31H31N3O4. The fourth-order valence-corrected chi connectivity index (χ4v) is 6.30. The molecule has 194 valence electrons. The summed E-state index contributed by atoms with van der Waals surface area (Å²) in [5.74, 6) is 1.18. The summed E-state index contributed by atoms with van der Waals surface area (Å²) in [6.45, 7) is 6.06. The van der Waals surface area contributed by atoms with Gasteiger partial charge in [-0.15, -0.1) is 0 Å². The zero-order valence-electron chi connectivity index (χ0n) is 21.7. The van der Waals surface area contributed by atoms with Crippen LogP contribution in [0.4, 0.5) is 0 Å². The van der Waals surface area contributed by atoms with Crippen molar-refractivity contribution >= 4 is 21.9 Å². The molecule has 1 N–H and O–H groups in total.